The molecule has 2 heterocycles. The molecule has 3 aromatic carbocycles. The Morgan fingerprint density at radius 2 is 1.76 bits per heavy atom. The van der Waals surface area contributed by atoms with Crippen LogP contribution in [0.25, 0.3) is 0 Å². The molecule has 0 radical (unpaired) electrons. The third kappa shape index (κ3) is 8.21. The number of benzene rings is 3. The van der Waals surface area contributed by atoms with Gasteiger partial charge < -0.3 is 24.4 Å². The minimum Gasteiger partial charge on any atom is -0.497 e. The number of allylic oxidation sites excluding steroid dienone is 3. The van der Waals surface area contributed by atoms with Gasteiger partial charge in [0, 0.05) is 34.7 Å². The van der Waals surface area contributed by atoms with Crippen LogP contribution in [0.5, 0.6) is 5.75 Å². The van der Waals surface area contributed by atoms with Crippen molar-refractivity contribution in [3.63, 3.8) is 0 Å². The Kier molecular flexibility index (Phi) is 12.7. The van der Waals surface area contributed by atoms with E-state index in [1.807, 2.05) is 47.4 Å². The molecule has 7 nitrogen and oxygen atoms in total. The van der Waals surface area contributed by atoms with Crippen LogP contribution in [0.1, 0.15) is 58.1 Å². The number of amides is 2. The largest absolute Gasteiger partial charge is 0.497 e. The number of hydrogen-bond donors (Lipinski definition) is 1. The lowest BCUT2D eigenvalue weighted by atomic mass is 9.82. The van der Waals surface area contributed by atoms with Gasteiger partial charge in [0.05, 0.1) is 40.0 Å². The van der Waals surface area contributed by atoms with E-state index in [-0.39, 0.29) is 42.8 Å². The summed E-state index contributed by atoms with van der Waals surface area (Å²) in [6.45, 7) is 14.1. The number of aliphatic hydroxyl groups excluding tert-OH is 1. The van der Waals surface area contributed by atoms with Gasteiger partial charge in [-0.25, -0.2) is 0 Å². The van der Waals surface area contributed by atoms with Crippen molar-refractivity contribution >= 4 is 53.4 Å². The maximum absolute atomic E-state index is 15.1. The lowest BCUT2D eigenvalue weighted by Gasteiger charge is -2.37. The Bertz CT molecular complexity index is 1750. The van der Waals surface area contributed by atoms with E-state index >= 15 is 4.79 Å². The Morgan fingerprint density at radius 3 is 2.41 bits per heavy atom. The number of rotatable bonds is 14. The predicted octanol–water partition coefficient (Wildman–Crippen LogP) is 7.97. The molecule has 9 heteroatoms. The summed E-state index contributed by atoms with van der Waals surface area (Å²) in [5.41, 5.74) is 4.01. The summed E-state index contributed by atoms with van der Waals surface area (Å²) < 4.78 is 13.8. The van der Waals surface area contributed by atoms with Gasteiger partial charge in [-0.3, -0.25) is 9.59 Å². The van der Waals surface area contributed by atoms with Gasteiger partial charge in [0.15, 0.2) is 5.60 Å². The first-order chi connectivity index (χ1) is 24.3. The standard InChI is InChI=1S/C42H53IN2O5Si/c1-29(2)12-11-13-30(3)22-23-45-37-21-16-33(43)26-36(37)42(41(45)48)31(4)40(51(6,7)35-19-17-34(49-5)18-20-35)38(50-42)27-39(47)44(24-25-46)28-32-14-9-8-10-15-32/h8-10,12,14-22,26,31,38,40,46H,11,13,23-25,27-28H2,1-7H3/b30-22+/t31-,38+,40-,42+/m1/s1. The van der Waals surface area contributed by atoms with Crippen molar-refractivity contribution in [2.75, 3.05) is 31.7 Å². The highest BCUT2D eigenvalue weighted by Crippen LogP contribution is 2.60. The molecule has 2 aliphatic heterocycles. The first-order valence-corrected chi connectivity index (χ1v) is 22.1. The number of anilines is 1. The highest BCUT2D eigenvalue weighted by atomic mass is 127. The molecule has 0 aliphatic carbocycles. The minimum absolute atomic E-state index is 0.0590. The summed E-state index contributed by atoms with van der Waals surface area (Å²) in [5.74, 6) is 0.428. The molecular weight excluding hydrogens is 767 g/mol. The normalized spacial score (nSPS) is 21.6. The molecule has 2 aliphatic rings. The first kappa shape index (κ1) is 39.0. The van der Waals surface area contributed by atoms with Crippen LogP contribution in [-0.4, -0.2) is 62.8 Å². The van der Waals surface area contributed by atoms with Gasteiger partial charge in [0.2, 0.25) is 5.91 Å². The number of fused-ring (bicyclic) bond motifs is 2. The molecule has 1 N–H and O–H groups in total. The fraction of sp³-hybridized carbons (Fsp3) is 0.429. The van der Waals surface area contributed by atoms with Crippen LogP contribution in [0.3, 0.4) is 0 Å². The zero-order chi connectivity index (χ0) is 36.9. The number of aliphatic hydroxyl groups is 1. The average molecular weight is 821 g/mol. The van der Waals surface area contributed by atoms with Crippen LogP contribution in [0.15, 0.2) is 96.1 Å². The molecular formula is C42H53IN2O5Si. The fourth-order valence-corrected chi connectivity index (χ4v) is 12.6. The molecule has 2 amide bonds. The van der Waals surface area contributed by atoms with Gasteiger partial charge in [-0.15, -0.1) is 0 Å². The number of methoxy groups -OCH3 is 1. The van der Waals surface area contributed by atoms with Crippen LogP contribution in [0, 0.1) is 9.49 Å². The average Bonchev–Trinajstić information content (AvgIpc) is 3.53. The van der Waals surface area contributed by atoms with Crippen molar-refractivity contribution in [1.29, 1.82) is 0 Å². The third-order valence-electron chi connectivity index (χ3n) is 10.8. The Balaban J connectivity index is 1.55. The van der Waals surface area contributed by atoms with Gasteiger partial charge in [0.25, 0.3) is 5.91 Å². The Labute approximate surface area is 318 Å². The summed E-state index contributed by atoms with van der Waals surface area (Å²) >= 11 is 2.32. The van der Waals surface area contributed by atoms with Crippen molar-refractivity contribution in [1.82, 2.24) is 4.90 Å². The molecule has 0 unspecified atom stereocenters. The Morgan fingerprint density at radius 1 is 1.06 bits per heavy atom. The number of halogens is 1. The summed E-state index contributed by atoms with van der Waals surface area (Å²) in [7, 11) is -0.768. The molecule has 272 valence electrons. The van der Waals surface area contributed by atoms with Crippen LogP contribution >= 0.6 is 22.6 Å². The number of carbonyl (C=O) groups is 2. The van der Waals surface area contributed by atoms with Crippen LogP contribution in [0.4, 0.5) is 5.69 Å². The molecule has 51 heavy (non-hydrogen) atoms. The zero-order valence-corrected chi connectivity index (χ0v) is 34.3. The smallest absolute Gasteiger partial charge is 0.264 e. The van der Waals surface area contributed by atoms with Gasteiger partial charge >= 0.3 is 0 Å². The highest BCUT2D eigenvalue weighted by molar-refractivity contribution is 14.1. The Hall–Kier alpha value is -3.25. The minimum atomic E-state index is -2.43. The van der Waals surface area contributed by atoms with Crippen LogP contribution in [0.2, 0.25) is 18.6 Å². The van der Waals surface area contributed by atoms with E-state index in [2.05, 4.69) is 106 Å². The number of hydrogen-bond acceptors (Lipinski definition) is 5. The first-order valence-electron chi connectivity index (χ1n) is 18.0. The van der Waals surface area contributed by atoms with Gasteiger partial charge in [-0.05, 0) is 97.6 Å². The molecule has 4 atom stereocenters. The van der Waals surface area contributed by atoms with E-state index in [4.69, 9.17) is 9.47 Å². The second-order valence-electron chi connectivity index (χ2n) is 14.8. The van der Waals surface area contributed by atoms with E-state index in [9.17, 15) is 9.90 Å². The molecule has 3 aromatic rings. The summed E-state index contributed by atoms with van der Waals surface area (Å²) in [6.07, 6.45) is 5.93. The van der Waals surface area contributed by atoms with Crippen molar-refractivity contribution in [3.05, 3.63) is 111 Å². The summed E-state index contributed by atoms with van der Waals surface area (Å²) in [6, 6.07) is 24.3. The van der Waals surface area contributed by atoms with Crippen molar-refractivity contribution in [2.24, 2.45) is 5.92 Å². The number of carbonyl (C=O) groups excluding carboxylic acids is 2. The topological polar surface area (TPSA) is 79.3 Å². The molecule has 0 aromatic heterocycles. The van der Waals surface area contributed by atoms with Gasteiger partial charge in [-0.2, -0.15) is 0 Å². The van der Waals surface area contributed by atoms with Gasteiger partial charge in [-0.1, -0.05) is 91.0 Å². The monoisotopic (exact) mass is 820 g/mol. The number of nitrogens with zero attached hydrogens (tertiary/aromatic N) is 2. The van der Waals surface area contributed by atoms with E-state index in [0.717, 1.165) is 39.0 Å². The second kappa shape index (κ2) is 16.6. The van der Waals surface area contributed by atoms with Crippen molar-refractivity contribution in [3.8, 4) is 5.75 Å². The predicted molar refractivity (Wildman–Crippen MR) is 217 cm³/mol. The quantitative estimate of drug-likeness (QED) is 0.102. The van der Waals surface area contributed by atoms with Gasteiger partial charge in [0.1, 0.15) is 5.75 Å². The fourth-order valence-electron chi connectivity index (χ4n) is 8.12. The maximum Gasteiger partial charge on any atom is 0.264 e. The van der Waals surface area contributed by atoms with Crippen molar-refractivity contribution in [2.45, 2.75) is 83.8 Å². The molecule has 0 bridgehead atoms. The van der Waals surface area contributed by atoms with Crippen LogP contribution in [-0.2, 0) is 26.5 Å². The zero-order valence-electron chi connectivity index (χ0n) is 31.1. The molecule has 1 saturated heterocycles. The highest BCUT2D eigenvalue weighted by Gasteiger charge is 2.66. The molecule has 1 fully saturated rings. The van der Waals surface area contributed by atoms with E-state index in [1.54, 1.807) is 12.0 Å². The van der Waals surface area contributed by atoms with Crippen molar-refractivity contribution < 1.29 is 24.2 Å². The summed E-state index contributed by atoms with van der Waals surface area (Å²) in [4.78, 5) is 32.9. The molecule has 0 saturated carbocycles. The summed E-state index contributed by atoms with van der Waals surface area (Å²) in [5, 5.41) is 11.2. The SMILES string of the molecule is COc1ccc([Si](C)(C)[C@H]2[C@H](CC(=O)N(CCO)Cc3ccccc3)O[C@@]3(C(=O)N(C/C=C(\C)CCC=C(C)C)c4ccc(I)cc43)[C@@H]2C)cc1. The lowest BCUT2D eigenvalue weighted by molar-refractivity contribution is -0.149. The lowest BCUT2D eigenvalue weighted by Crippen LogP contribution is -2.52. The van der Waals surface area contributed by atoms with E-state index < -0.39 is 19.8 Å². The van der Waals surface area contributed by atoms with E-state index in [0.29, 0.717) is 13.1 Å². The van der Waals surface area contributed by atoms with E-state index in [1.165, 1.54) is 16.3 Å². The van der Waals surface area contributed by atoms with Crippen LogP contribution < -0.4 is 14.8 Å². The molecule has 1 spiro atoms. The maximum atomic E-state index is 15.1. The number of ether oxygens (including phenoxy) is 2. The third-order valence-corrected chi connectivity index (χ3v) is 15.9. The second-order valence-corrected chi connectivity index (χ2v) is 20.8. The molecule has 5 rings (SSSR count).